The van der Waals surface area contributed by atoms with Crippen LogP contribution >= 0.6 is 0 Å². The average molecular weight is 367 g/mol. The third kappa shape index (κ3) is 4.41. The molecule has 1 aliphatic heterocycles. The van der Waals surface area contributed by atoms with E-state index in [9.17, 15) is 9.18 Å². The number of fused-ring (bicyclic) bond motifs is 1. The molecule has 2 aromatic rings. The molecular formula is C22H26FN3O. The van der Waals surface area contributed by atoms with Crippen LogP contribution in [0.15, 0.2) is 42.5 Å². The molecule has 27 heavy (non-hydrogen) atoms. The molecule has 0 bridgehead atoms. The van der Waals surface area contributed by atoms with Crippen LogP contribution in [0.25, 0.3) is 0 Å². The fourth-order valence-corrected chi connectivity index (χ4v) is 4.12. The monoisotopic (exact) mass is 367 g/mol. The van der Waals surface area contributed by atoms with Crippen molar-refractivity contribution in [3.8, 4) is 0 Å². The van der Waals surface area contributed by atoms with Crippen molar-refractivity contribution < 1.29 is 9.18 Å². The van der Waals surface area contributed by atoms with E-state index < -0.39 is 0 Å². The molecule has 2 amide bonds. The highest BCUT2D eigenvalue weighted by Crippen LogP contribution is 2.31. The molecule has 4 rings (SSSR count). The number of nitrogens with one attached hydrogen (secondary N) is 2. The summed E-state index contributed by atoms with van der Waals surface area (Å²) < 4.78 is 13.1. The predicted octanol–water partition coefficient (Wildman–Crippen LogP) is 4.84. The standard InChI is InChI=1S/C22H26FN3O/c23-18-8-6-16(7-9-18)15-26-13-12-17-14-20(10-11-21(17)26)25-22(27)24-19-4-2-1-3-5-19/h6-11,14,19H,1-5,12-13,15H2,(H2,24,25,27). The zero-order chi connectivity index (χ0) is 18.6. The summed E-state index contributed by atoms with van der Waals surface area (Å²) in [7, 11) is 0. The zero-order valence-corrected chi connectivity index (χ0v) is 15.5. The first-order chi connectivity index (χ1) is 13.2. The van der Waals surface area contributed by atoms with Gasteiger partial charge in [-0.3, -0.25) is 0 Å². The van der Waals surface area contributed by atoms with E-state index in [1.807, 2.05) is 18.2 Å². The number of halogens is 1. The molecule has 4 nitrogen and oxygen atoms in total. The van der Waals surface area contributed by atoms with Gasteiger partial charge in [-0.05, 0) is 60.7 Å². The molecule has 1 saturated carbocycles. The minimum Gasteiger partial charge on any atom is -0.367 e. The van der Waals surface area contributed by atoms with Crippen LogP contribution in [0.2, 0.25) is 0 Å². The zero-order valence-electron chi connectivity index (χ0n) is 15.5. The molecule has 5 heteroatoms. The Hall–Kier alpha value is -2.56. The van der Waals surface area contributed by atoms with Gasteiger partial charge in [0, 0.05) is 30.5 Å². The van der Waals surface area contributed by atoms with E-state index in [2.05, 4.69) is 27.7 Å². The van der Waals surface area contributed by atoms with Gasteiger partial charge in [0.25, 0.3) is 0 Å². The normalized spacial score (nSPS) is 16.9. The molecule has 1 aliphatic carbocycles. The van der Waals surface area contributed by atoms with Gasteiger partial charge in [0.05, 0.1) is 0 Å². The van der Waals surface area contributed by atoms with Crippen molar-refractivity contribution in [1.29, 1.82) is 0 Å². The number of urea groups is 1. The number of hydrogen-bond acceptors (Lipinski definition) is 2. The van der Waals surface area contributed by atoms with Gasteiger partial charge in [0.2, 0.25) is 0 Å². The fraction of sp³-hybridized carbons (Fsp3) is 0.409. The highest BCUT2D eigenvalue weighted by atomic mass is 19.1. The average Bonchev–Trinajstić information content (AvgIpc) is 3.06. The molecule has 2 aliphatic rings. The third-order valence-electron chi connectivity index (χ3n) is 5.56. The van der Waals surface area contributed by atoms with Gasteiger partial charge < -0.3 is 15.5 Å². The number of nitrogens with zero attached hydrogens (tertiary/aromatic N) is 1. The van der Waals surface area contributed by atoms with Crippen LogP contribution in [0.3, 0.4) is 0 Å². The van der Waals surface area contributed by atoms with E-state index in [1.54, 1.807) is 0 Å². The Labute approximate surface area is 159 Å². The van der Waals surface area contributed by atoms with Crippen LogP contribution in [0, 0.1) is 5.82 Å². The summed E-state index contributed by atoms with van der Waals surface area (Å²) in [6, 6.07) is 13.0. The molecule has 1 heterocycles. The van der Waals surface area contributed by atoms with E-state index in [0.717, 1.165) is 43.6 Å². The van der Waals surface area contributed by atoms with Gasteiger partial charge in [-0.15, -0.1) is 0 Å². The van der Waals surface area contributed by atoms with Crippen LogP contribution in [-0.4, -0.2) is 18.6 Å². The van der Waals surface area contributed by atoms with Crippen molar-refractivity contribution in [2.45, 2.75) is 51.1 Å². The van der Waals surface area contributed by atoms with Crippen molar-refractivity contribution in [2.24, 2.45) is 0 Å². The molecule has 142 valence electrons. The van der Waals surface area contributed by atoms with E-state index >= 15 is 0 Å². The molecular weight excluding hydrogens is 341 g/mol. The van der Waals surface area contributed by atoms with Crippen LogP contribution in [0.4, 0.5) is 20.6 Å². The maximum absolute atomic E-state index is 13.1. The summed E-state index contributed by atoms with van der Waals surface area (Å²) in [4.78, 5) is 14.6. The molecule has 0 unspecified atom stereocenters. The molecule has 2 aromatic carbocycles. The summed E-state index contributed by atoms with van der Waals surface area (Å²) >= 11 is 0. The molecule has 0 radical (unpaired) electrons. The van der Waals surface area contributed by atoms with E-state index in [-0.39, 0.29) is 11.8 Å². The first kappa shape index (κ1) is 17.8. The molecule has 0 aromatic heterocycles. The summed E-state index contributed by atoms with van der Waals surface area (Å²) in [5, 5.41) is 6.07. The maximum atomic E-state index is 13.1. The lowest BCUT2D eigenvalue weighted by Crippen LogP contribution is -2.39. The van der Waals surface area contributed by atoms with Gasteiger partial charge in [0.1, 0.15) is 5.82 Å². The van der Waals surface area contributed by atoms with Crippen LogP contribution in [0.5, 0.6) is 0 Å². The Morgan fingerprint density at radius 1 is 1.07 bits per heavy atom. The maximum Gasteiger partial charge on any atom is 0.319 e. The van der Waals surface area contributed by atoms with Gasteiger partial charge in [-0.2, -0.15) is 0 Å². The first-order valence-corrected chi connectivity index (χ1v) is 9.87. The number of anilines is 2. The molecule has 0 atom stereocenters. The summed E-state index contributed by atoms with van der Waals surface area (Å²) in [5.41, 5.74) is 4.37. The molecule has 0 saturated heterocycles. The Bertz CT molecular complexity index is 800. The van der Waals surface area contributed by atoms with Crippen molar-refractivity contribution in [1.82, 2.24) is 5.32 Å². The van der Waals surface area contributed by atoms with Crippen molar-refractivity contribution in [3.63, 3.8) is 0 Å². The first-order valence-electron chi connectivity index (χ1n) is 9.87. The Morgan fingerprint density at radius 3 is 2.63 bits per heavy atom. The van der Waals surface area contributed by atoms with Crippen LogP contribution < -0.4 is 15.5 Å². The predicted molar refractivity (Wildman–Crippen MR) is 107 cm³/mol. The van der Waals surface area contributed by atoms with E-state index in [1.165, 1.54) is 42.6 Å². The Kier molecular flexibility index (Phi) is 5.28. The minimum atomic E-state index is -0.206. The number of benzene rings is 2. The van der Waals surface area contributed by atoms with Gasteiger partial charge >= 0.3 is 6.03 Å². The van der Waals surface area contributed by atoms with E-state index in [4.69, 9.17) is 0 Å². The SMILES string of the molecule is O=C(Nc1ccc2c(c1)CCN2Cc1ccc(F)cc1)NC1CCCCC1. The summed E-state index contributed by atoms with van der Waals surface area (Å²) in [6.07, 6.45) is 6.79. The van der Waals surface area contributed by atoms with Crippen LogP contribution in [-0.2, 0) is 13.0 Å². The third-order valence-corrected chi connectivity index (χ3v) is 5.56. The minimum absolute atomic E-state index is 0.108. The number of carbonyl (C=O) groups is 1. The second-order valence-corrected chi connectivity index (χ2v) is 7.57. The second-order valence-electron chi connectivity index (χ2n) is 7.57. The lowest BCUT2D eigenvalue weighted by atomic mass is 9.96. The Morgan fingerprint density at radius 2 is 1.85 bits per heavy atom. The van der Waals surface area contributed by atoms with Crippen molar-refractivity contribution in [3.05, 3.63) is 59.4 Å². The lowest BCUT2D eigenvalue weighted by Gasteiger charge is -2.23. The second kappa shape index (κ2) is 7.99. The molecule has 1 fully saturated rings. The lowest BCUT2D eigenvalue weighted by molar-refractivity contribution is 0.244. The number of rotatable bonds is 4. The summed E-state index contributed by atoms with van der Waals surface area (Å²) in [6.45, 7) is 1.70. The highest BCUT2D eigenvalue weighted by Gasteiger charge is 2.20. The van der Waals surface area contributed by atoms with Crippen molar-refractivity contribution >= 4 is 17.4 Å². The van der Waals surface area contributed by atoms with Gasteiger partial charge in [-0.1, -0.05) is 31.4 Å². The number of hydrogen-bond donors (Lipinski definition) is 2. The van der Waals surface area contributed by atoms with Gasteiger partial charge in [0.15, 0.2) is 0 Å². The number of carbonyl (C=O) groups excluding carboxylic acids is 1. The molecule has 2 N–H and O–H groups in total. The molecule has 0 spiro atoms. The largest absolute Gasteiger partial charge is 0.367 e. The smallest absolute Gasteiger partial charge is 0.319 e. The number of amides is 2. The quantitative estimate of drug-likeness (QED) is 0.812. The topological polar surface area (TPSA) is 44.4 Å². The van der Waals surface area contributed by atoms with Crippen molar-refractivity contribution in [2.75, 3.05) is 16.8 Å². The van der Waals surface area contributed by atoms with Gasteiger partial charge in [-0.25, -0.2) is 9.18 Å². The van der Waals surface area contributed by atoms with Crippen LogP contribution in [0.1, 0.15) is 43.2 Å². The summed E-state index contributed by atoms with van der Waals surface area (Å²) in [5.74, 6) is -0.206. The fourth-order valence-electron chi connectivity index (χ4n) is 4.12. The highest BCUT2D eigenvalue weighted by molar-refractivity contribution is 5.90. The Balaban J connectivity index is 1.37. The van der Waals surface area contributed by atoms with E-state index in [0.29, 0.717) is 6.04 Å².